The first-order valence-electron chi connectivity index (χ1n) is 8.07. The molecule has 0 atom stereocenters. The van der Waals surface area contributed by atoms with E-state index in [-0.39, 0.29) is 23.4 Å². The lowest BCUT2D eigenvalue weighted by atomic mass is 10.1. The van der Waals surface area contributed by atoms with Gasteiger partial charge in [-0.05, 0) is 32.4 Å². The summed E-state index contributed by atoms with van der Waals surface area (Å²) in [5.41, 5.74) is 0.557. The maximum absolute atomic E-state index is 12.4. The third-order valence-corrected chi connectivity index (χ3v) is 3.85. The smallest absolute Gasteiger partial charge is 0.345 e. The number of rotatable bonds is 7. The summed E-state index contributed by atoms with van der Waals surface area (Å²) >= 11 is 0. The van der Waals surface area contributed by atoms with Crippen LogP contribution in [0, 0.1) is 24.0 Å². The number of nitrogens with zero attached hydrogens (tertiary/aromatic N) is 1. The molecule has 9 nitrogen and oxygen atoms in total. The number of hydrogen-bond acceptors (Lipinski definition) is 7. The molecular formula is C18H18N2O7. The Morgan fingerprint density at radius 2 is 1.78 bits per heavy atom. The average Bonchev–Trinajstić information content (AvgIpc) is 2.94. The van der Waals surface area contributed by atoms with Gasteiger partial charge in [0.25, 0.3) is 5.69 Å². The monoisotopic (exact) mass is 374 g/mol. The fourth-order valence-corrected chi connectivity index (χ4v) is 2.62. The van der Waals surface area contributed by atoms with Gasteiger partial charge in [0.05, 0.1) is 22.8 Å². The molecule has 0 bridgehead atoms. The van der Waals surface area contributed by atoms with Crippen molar-refractivity contribution in [2.24, 2.45) is 0 Å². The van der Waals surface area contributed by atoms with Gasteiger partial charge in [-0.2, -0.15) is 0 Å². The normalized spacial score (nSPS) is 10.3. The number of para-hydroxylation sites is 1. The molecule has 0 amide bonds. The van der Waals surface area contributed by atoms with Crippen molar-refractivity contribution < 1.29 is 28.8 Å². The molecule has 1 N–H and O–H groups in total. The van der Waals surface area contributed by atoms with Crippen LogP contribution in [-0.4, -0.2) is 40.8 Å². The molecule has 0 aliphatic rings. The molecule has 0 unspecified atom stereocenters. The topological polar surface area (TPSA) is 129 Å². The summed E-state index contributed by atoms with van der Waals surface area (Å²) in [5, 5.41) is 11.0. The molecule has 0 aliphatic heterocycles. The first-order valence-corrected chi connectivity index (χ1v) is 8.07. The van der Waals surface area contributed by atoms with Crippen LogP contribution >= 0.6 is 0 Å². The van der Waals surface area contributed by atoms with Crippen molar-refractivity contribution in [1.82, 2.24) is 4.98 Å². The summed E-state index contributed by atoms with van der Waals surface area (Å²) in [6, 6.07) is 5.29. The number of nitrogens with one attached hydrogen (secondary N) is 1. The number of aryl methyl sites for hydroxylation is 1. The molecule has 0 saturated heterocycles. The van der Waals surface area contributed by atoms with E-state index in [4.69, 9.17) is 9.47 Å². The number of hydrogen-bond donors (Lipinski definition) is 1. The van der Waals surface area contributed by atoms with Crippen LogP contribution in [0.5, 0.6) is 0 Å². The van der Waals surface area contributed by atoms with Crippen LogP contribution in [0.2, 0.25) is 0 Å². The first-order chi connectivity index (χ1) is 12.8. The van der Waals surface area contributed by atoms with Crippen LogP contribution < -0.4 is 0 Å². The zero-order valence-corrected chi connectivity index (χ0v) is 15.0. The minimum atomic E-state index is -0.984. The summed E-state index contributed by atoms with van der Waals surface area (Å²) in [7, 11) is 0. The molecule has 142 valence electrons. The van der Waals surface area contributed by atoms with E-state index in [1.165, 1.54) is 24.3 Å². The molecule has 0 fully saturated rings. The Hall–Kier alpha value is -3.49. The molecule has 2 rings (SSSR count). The number of Topliss-reactive ketones (excluding diaryl/α,β-unsaturated/α-hetero) is 1. The Balaban J connectivity index is 2.15. The highest BCUT2D eigenvalue weighted by Crippen LogP contribution is 2.21. The minimum Gasteiger partial charge on any atom is -0.462 e. The first kappa shape index (κ1) is 19.8. The molecule has 2 aromatic rings. The number of aromatic nitrogens is 1. The minimum absolute atomic E-state index is 0.117. The third-order valence-electron chi connectivity index (χ3n) is 3.85. The number of esters is 2. The summed E-state index contributed by atoms with van der Waals surface area (Å²) in [6.07, 6.45) is 0. The Morgan fingerprint density at radius 1 is 1.11 bits per heavy atom. The van der Waals surface area contributed by atoms with Gasteiger partial charge < -0.3 is 14.5 Å². The number of aromatic amines is 1. The highest BCUT2D eigenvalue weighted by atomic mass is 16.6. The molecular weight excluding hydrogens is 356 g/mol. The molecule has 0 spiro atoms. The van der Waals surface area contributed by atoms with E-state index in [9.17, 15) is 24.5 Å². The molecule has 0 aliphatic carbocycles. The second kappa shape index (κ2) is 8.26. The zero-order chi connectivity index (χ0) is 20.1. The van der Waals surface area contributed by atoms with Crippen molar-refractivity contribution in [1.29, 1.82) is 0 Å². The Kier molecular flexibility index (Phi) is 6.07. The average molecular weight is 374 g/mol. The van der Waals surface area contributed by atoms with Crippen LogP contribution in [0.4, 0.5) is 5.69 Å². The summed E-state index contributed by atoms with van der Waals surface area (Å²) in [6.45, 7) is 4.43. The predicted molar refractivity (Wildman–Crippen MR) is 93.9 cm³/mol. The van der Waals surface area contributed by atoms with Gasteiger partial charge in [0.15, 0.2) is 6.61 Å². The van der Waals surface area contributed by atoms with Crippen molar-refractivity contribution in [2.45, 2.75) is 20.8 Å². The molecule has 1 aromatic heterocycles. The molecule has 1 aromatic carbocycles. The quantitative estimate of drug-likeness (QED) is 0.341. The van der Waals surface area contributed by atoms with E-state index in [2.05, 4.69) is 4.98 Å². The second-order valence-corrected chi connectivity index (χ2v) is 5.62. The molecule has 9 heteroatoms. The summed E-state index contributed by atoms with van der Waals surface area (Å²) in [4.78, 5) is 49.5. The Labute approximate surface area is 154 Å². The molecule has 0 saturated carbocycles. The number of carbonyl (C=O) groups is 3. The van der Waals surface area contributed by atoms with Gasteiger partial charge in [-0.3, -0.25) is 14.9 Å². The Morgan fingerprint density at radius 3 is 2.41 bits per heavy atom. The van der Waals surface area contributed by atoms with Gasteiger partial charge in [0.2, 0.25) is 5.78 Å². The van der Waals surface area contributed by atoms with Crippen molar-refractivity contribution >= 4 is 23.4 Å². The van der Waals surface area contributed by atoms with Crippen molar-refractivity contribution in [3.8, 4) is 0 Å². The maximum atomic E-state index is 12.4. The number of ether oxygens (including phenoxy) is 2. The lowest BCUT2D eigenvalue weighted by molar-refractivity contribution is -0.385. The van der Waals surface area contributed by atoms with Crippen molar-refractivity contribution in [3.63, 3.8) is 0 Å². The largest absolute Gasteiger partial charge is 0.462 e. The van der Waals surface area contributed by atoms with Crippen LogP contribution in [0.15, 0.2) is 24.3 Å². The van der Waals surface area contributed by atoms with Gasteiger partial charge in [-0.15, -0.1) is 0 Å². The summed E-state index contributed by atoms with van der Waals surface area (Å²) in [5.74, 6) is -2.11. The van der Waals surface area contributed by atoms with E-state index in [1.54, 1.807) is 20.8 Å². The van der Waals surface area contributed by atoms with E-state index in [0.717, 1.165) is 0 Å². The number of benzene rings is 1. The lowest BCUT2D eigenvalue weighted by Gasteiger charge is -2.05. The number of ketones is 1. The SMILES string of the molecule is CCOC(=O)c1c(C)[nH]c(C(=O)COC(=O)c2ccccc2[N+](=O)[O-])c1C. The van der Waals surface area contributed by atoms with Gasteiger partial charge in [0, 0.05) is 11.8 Å². The van der Waals surface area contributed by atoms with E-state index >= 15 is 0 Å². The fraction of sp³-hybridized carbons (Fsp3) is 0.278. The van der Waals surface area contributed by atoms with Crippen molar-refractivity contribution in [3.05, 3.63) is 62.5 Å². The molecule has 0 radical (unpaired) electrons. The maximum Gasteiger partial charge on any atom is 0.345 e. The third kappa shape index (κ3) is 4.20. The van der Waals surface area contributed by atoms with Gasteiger partial charge >= 0.3 is 11.9 Å². The molecule has 27 heavy (non-hydrogen) atoms. The number of H-pyrrole nitrogens is 1. The van der Waals surface area contributed by atoms with E-state index in [0.29, 0.717) is 11.3 Å². The van der Waals surface area contributed by atoms with Crippen LogP contribution in [0.3, 0.4) is 0 Å². The van der Waals surface area contributed by atoms with Gasteiger partial charge in [-0.1, -0.05) is 12.1 Å². The Bertz CT molecular complexity index is 914. The highest BCUT2D eigenvalue weighted by molar-refractivity contribution is 6.03. The number of nitro groups is 1. The fourth-order valence-electron chi connectivity index (χ4n) is 2.62. The number of carbonyl (C=O) groups excluding carboxylic acids is 3. The van der Waals surface area contributed by atoms with Crippen molar-refractivity contribution in [2.75, 3.05) is 13.2 Å². The van der Waals surface area contributed by atoms with Crippen LogP contribution in [0.25, 0.3) is 0 Å². The van der Waals surface area contributed by atoms with Crippen LogP contribution in [0.1, 0.15) is 49.4 Å². The van der Waals surface area contributed by atoms with E-state index < -0.39 is 34.9 Å². The van der Waals surface area contributed by atoms with Crippen LogP contribution in [-0.2, 0) is 9.47 Å². The van der Waals surface area contributed by atoms with Gasteiger partial charge in [-0.25, -0.2) is 9.59 Å². The zero-order valence-electron chi connectivity index (χ0n) is 15.0. The second-order valence-electron chi connectivity index (χ2n) is 5.62. The summed E-state index contributed by atoms with van der Waals surface area (Å²) < 4.78 is 9.87. The highest BCUT2D eigenvalue weighted by Gasteiger charge is 2.25. The van der Waals surface area contributed by atoms with E-state index in [1.807, 2.05) is 0 Å². The molecule has 1 heterocycles. The lowest BCUT2D eigenvalue weighted by Crippen LogP contribution is -2.16. The standard InChI is InChI=1S/C18H18N2O7/c1-4-26-18(23)15-10(2)16(19-11(15)3)14(21)9-27-17(22)12-7-5-6-8-13(12)20(24)25/h5-8,19H,4,9H2,1-3H3. The van der Waals surface area contributed by atoms with Gasteiger partial charge in [0.1, 0.15) is 5.56 Å². The predicted octanol–water partition coefficient (Wildman–Crippen LogP) is 2.76. The number of nitro benzene ring substituents is 1.